The average Bonchev–Trinajstić information content (AvgIpc) is 2.13. The molecule has 9 heteroatoms. The minimum atomic E-state index is -1.95. The standard InChI is InChI=1S/C6H3BCl3NO4/c8-4-2(7(12)13)1-3(11(14)15)5(9)6(4)10/h1,12-13H. The lowest BCUT2D eigenvalue weighted by molar-refractivity contribution is -0.384. The smallest absolute Gasteiger partial charge is 0.423 e. The Morgan fingerprint density at radius 1 is 1.20 bits per heavy atom. The number of nitro groups is 1. The zero-order valence-corrected chi connectivity index (χ0v) is 9.21. The number of hydrogen-bond donors (Lipinski definition) is 2. The molecular formula is C6H3BCl3NO4. The lowest BCUT2D eigenvalue weighted by Gasteiger charge is -2.06. The first-order valence-electron chi connectivity index (χ1n) is 3.54. The molecule has 0 saturated carbocycles. The van der Waals surface area contributed by atoms with Crippen LogP contribution in [-0.4, -0.2) is 22.1 Å². The molecule has 0 amide bonds. The van der Waals surface area contributed by atoms with Crippen molar-refractivity contribution < 1.29 is 15.0 Å². The first kappa shape index (κ1) is 12.5. The Labute approximate surface area is 99.5 Å². The summed E-state index contributed by atoms with van der Waals surface area (Å²) in [5.74, 6) is 0. The van der Waals surface area contributed by atoms with Gasteiger partial charge in [0, 0.05) is 11.5 Å². The van der Waals surface area contributed by atoms with Crippen molar-refractivity contribution in [2.75, 3.05) is 0 Å². The Morgan fingerprint density at radius 2 is 1.73 bits per heavy atom. The van der Waals surface area contributed by atoms with E-state index in [9.17, 15) is 10.1 Å². The van der Waals surface area contributed by atoms with Crippen molar-refractivity contribution in [3.8, 4) is 0 Å². The van der Waals surface area contributed by atoms with Crippen LogP contribution in [0.1, 0.15) is 0 Å². The van der Waals surface area contributed by atoms with Crippen molar-refractivity contribution in [1.29, 1.82) is 0 Å². The van der Waals surface area contributed by atoms with Gasteiger partial charge in [0.1, 0.15) is 5.02 Å². The Balaban J connectivity index is 3.52. The third-order valence-corrected chi connectivity index (χ3v) is 2.99. The van der Waals surface area contributed by atoms with Gasteiger partial charge >= 0.3 is 7.12 Å². The fraction of sp³-hybridized carbons (Fsp3) is 0. The fourth-order valence-corrected chi connectivity index (χ4v) is 1.65. The molecule has 0 fully saturated rings. The molecule has 15 heavy (non-hydrogen) atoms. The van der Waals surface area contributed by atoms with Crippen LogP contribution in [0.25, 0.3) is 0 Å². The molecule has 5 nitrogen and oxygen atoms in total. The largest absolute Gasteiger partial charge is 0.490 e. The van der Waals surface area contributed by atoms with Gasteiger partial charge in [-0.1, -0.05) is 34.8 Å². The number of hydrogen-bond acceptors (Lipinski definition) is 4. The summed E-state index contributed by atoms with van der Waals surface area (Å²) in [6, 6.07) is 0.862. The van der Waals surface area contributed by atoms with E-state index in [1.165, 1.54) is 0 Å². The van der Waals surface area contributed by atoms with Crippen molar-refractivity contribution in [2.24, 2.45) is 0 Å². The van der Waals surface area contributed by atoms with Crippen LogP contribution in [0.2, 0.25) is 15.1 Å². The highest BCUT2D eigenvalue weighted by Gasteiger charge is 2.26. The van der Waals surface area contributed by atoms with Crippen LogP contribution in [0.15, 0.2) is 6.07 Å². The van der Waals surface area contributed by atoms with E-state index >= 15 is 0 Å². The van der Waals surface area contributed by atoms with E-state index in [2.05, 4.69) is 0 Å². The SMILES string of the molecule is O=[N+]([O-])c1cc(B(O)O)c(Cl)c(Cl)c1Cl. The highest BCUT2D eigenvalue weighted by atomic mass is 35.5. The van der Waals surface area contributed by atoms with E-state index in [0.717, 1.165) is 6.07 Å². The first-order valence-corrected chi connectivity index (χ1v) is 4.67. The summed E-state index contributed by atoms with van der Waals surface area (Å²) in [4.78, 5) is 9.72. The zero-order chi connectivity index (χ0) is 11.7. The maximum atomic E-state index is 10.5. The molecule has 0 aliphatic carbocycles. The summed E-state index contributed by atoms with van der Waals surface area (Å²) < 4.78 is 0. The quantitative estimate of drug-likeness (QED) is 0.366. The summed E-state index contributed by atoms with van der Waals surface area (Å²) in [7, 11) is -1.95. The maximum absolute atomic E-state index is 10.5. The summed E-state index contributed by atoms with van der Waals surface area (Å²) >= 11 is 16.7. The third kappa shape index (κ3) is 2.35. The van der Waals surface area contributed by atoms with Gasteiger partial charge in [-0.15, -0.1) is 0 Å². The molecule has 0 aliphatic heterocycles. The topological polar surface area (TPSA) is 83.6 Å². The monoisotopic (exact) mass is 269 g/mol. The van der Waals surface area contributed by atoms with Gasteiger partial charge in [-0.05, 0) is 0 Å². The van der Waals surface area contributed by atoms with Gasteiger partial charge in [-0.2, -0.15) is 0 Å². The van der Waals surface area contributed by atoms with E-state index in [-0.39, 0.29) is 20.5 Å². The molecule has 0 atom stereocenters. The van der Waals surface area contributed by atoms with Gasteiger partial charge < -0.3 is 10.0 Å². The van der Waals surface area contributed by atoms with E-state index < -0.39 is 17.7 Å². The molecule has 0 bridgehead atoms. The zero-order valence-electron chi connectivity index (χ0n) is 6.95. The van der Waals surface area contributed by atoms with Crippen LogP contribution >= 0.6 is 34.8 Å². The molecule has 0 radical (unpaired) electrons. The van der Waals surface area contributed by atoms with E-state index in [1.807, 2.05) is 0 Å². The molecule has 0 unspecified atom stereocenters. The number of nitrogens with zero attached hydrogens (tertiary/aromatic N) is 1. The number of halogens is 3. The highest BCUT2D eigenvalue weighted by Crippen LogP contribution is 2.35. The van der Waals surface area contributed by atoms with Crippen LogP contribution in [0.5, 0.6) is 0 Å². The van der Waals surface area contributed by atoms with Crippen LogP contribution in [0.4, 0.5) is 5.69 Å². The molecule has 0 saturated heterocycles. The number of rotatable bonds is 2. The summed E-state index contributed by atoms with van der Waals surface area (Å²) in [6.07, 6.45) is 0. The molecule has 0 aliphatic rings. The van der Waals surface area contributed by atoms with Gasteiger partial charge in [0.15, 0.2) is 0 Å². The van der Waals surface area contributed by atoms with E-state index in [0.29, 0.717) is 0 Å². The summed E-state index contributed by atoms with van der Waals surface area (Å²) in [5, 5.41) is 27.4. The second-order valence-electron chi connectivity index (χ2n) is 2.56. The lowest BCUT2D eigenvalue weighted by Crippen LogP contribution is -2.31. The van der Waals surface area contributed by atoms with Crippen molar-refractivity contribution in [3.05, 3.63) is 31.2 Å². The highest BCUT2D eigenvalue weighted by molar-refractivity contribution is 6.65. The average molecular weight is 270 g/mol. The summed E-state index contributed by atoms with van der Waals surface area (Å²) in [6.45, 7) is 0. The Hall–Kier alpha value is -0.525. The minimum absolute atomic E-state index is 0.220. The van der Waals surface area contributed by atoms with E-state index in [1.54, 1.807) is 0 Å². The fourth-order valence-electron chi connectivity index (χ4n) is 0.930. The van der Waals surface area contributed by atoms with Gasteiger partial charge in [-0.3, -0.25) is 10.1 Å². The Kier molecular flexibility index (Phi) is 3.80. The predicted molar refractivity (Wildman–Crippen MR) is 58.0 cm³/mol. The van der Waals surface area contributed by atoms with Crippen LogP contribution in [-0.2, 0) is 0 Å². The van der Waals surface area contributed by atoms with Crippen LogP contribution in [0.3, 0.4) is 0 Å². The van der Waals surface area contributed by atoms with Gasteiger partial charge in [0.25, 0.3) is 5.69 Å². The summed E-state index contributed by atoms with van der Waals surface area (Å²) in [5.41, 5.74) is -0.799. The van der Waals surface area contributed by atoms with Crippen molar-refractivity contribution >= 4 is 53.1 Å². The molecule has 1 aromatic rings. The normalized spacial score (nSPS) is 10.2. The van der Waals surface area contributed by atoms with Gasteiger partial charge in [0.2, 0.25) is 0 Å². The molecule has 0 heterocycles. The molecule has 80 valence electrons. The predicted octanol–water partition coefficient (Wildman–Crippen LogP) is 1.23. The van der Waals surface area contributed by atoms with Crippen LogP contribution < -0.4 is 5.46 Å². The second-order valence-corrected chi connectivity index (χ2v) is 3.69. The number of nitro benzene ring substituents is 1. The molecule has 1 aromatic carbocycles. The lowest BCUT2D eigenvalue weighted by atomic mass is 9.80. The molecule has 2 N–H and O–H groups in total. The van der Waals surface area contributed by atoms with Crippen molar-refractivity contribution in [2.45, 2.75) is 0 Å². The molecular weight excluding hydrogens is 267 g/mol. The van der Waals surface area contributed by atoms with Crippen molar-refractivity contribution in [1.82, 2.24) is 0 Å². The van der Waals surface area contributed by atoms with Crippen molar-refractivity contribution in [3.63, 3.8) is 0 Å². The third-order valence-electron chi connectivity index (χ3n) is 1.63. The Morgan fingerprint density at radius 3 is 2.13 bits per heavy atom. The Bertz CT molecular complexity index is 425. The second kappa shape index (κ2) is 4.55. The molecule has 0 aromatic heterocycles. The molecule has 0 spiro atoms. The first-order chi connectivity index (χ1) is 6.86. The minimum Gasteiger partial charge on any atom is -0.423 e. The maximum Gasteiger partial charge on any atom is 0.490 e. The van der Waals surface area contributed by atoms with Crippen LogP contribution in [0, 0.1) is 10.1 Å². The van der Waals surface area contributed by atoms with E-state index in [4.69, 9.17) is 44.9 Å². The number of benzene rings is 1. The molecule has 1 rings (SSSR count). The van der Waals surface area contributed by atoms with Gasteiger partial charge in [-0.25, -0.2) is 0 Å². The van der Waals surface area contributed by atoms with Gasteiger partial charge in [0.05, 0.1) is 15.0 Å².